The molecule has 1 rings (SSSR count). The van der Waals surface area contributed by atoms with Gasteiger partial charge in [-0.3, -0.25) is 5.41 Å². The molecule has 0 amide bonds. The molecule has 0 saturated heterocycles. The summed E-state index contributed by atoms with van der Waals surface area (Å²) in [5, 5.41) is 6.74. The van der Waals surface area contributed by atoms with Crippen LogP contribution >= 0.6 is 0 Å². The number of ether oxygens (including phenoxy) is 2. The molecule has 0 spiro atoms. The highest BCUT2D eigenvalue weighted by molar-refractivity contribution is 5.92. The Labute approximate surface area is 75.6 Å². The van der Waals surface area contributed by atoms with Crippen molar-refractivity contribution in [2.45, 2.75) is 0 Å². The van der Waals surface area contributed by atoms with Crippen LogP contribution in [-0.4, -0.2) is 19.5 Å². The smallest absolute Gasteiger partial charge is 0.341 e. The van der Waals surface area contributed by atoms with E-state index >= 15 is 0 Å². The van der Waals surface area contributed by atoms with Gasteiger partial charge in [0.15, 0.2) is 6.40 Å². The Morgan fingerprint density at radius 2 is 2.15 bits per heavy atom. The fourth-order valence-electron chi connectivity index (χ4n) is 0.911. The summed E-state index contributed by atoms with van der Waals surface area (Å²) in [6.07, 6.45) is 0.766. The molecule has 4 nitrogen and oxygen atoms in total. The van der Waals surface area contributed by atoms with Crippen molar-refractivity contribution in [2.24, 2.45) is 0 Å². The Bertz CT molecular complexity index is 322. The molecule has 0 fully saturated rings. The molecule has 0 aliphatic carbocycles. The molecule has 13 heavy (non-hydrogen) atoms. The number of benzene rings is 1. The van der Waals surface area contributed by atoms with Gasteiger partial charge in [-0.15, -0.1) is 0 Å². The van der Waals surface area contributed by atoms with Crippen LogP contribution < -0.4 is 4.74 Å². The fourth-order valence-corrected chi connectivity index (χ4v) is 0.911. The minimum Gasteiger partial charge on any atom is -0.465 e. The molecular weight excluding hydrogens is 170 g/mol. The molecule has 1 N–H and O–H groups in total. The lowest BCUT2D eigenvalue weighted by atomic mass is 10.2. The van der Waals surface area contributed by atoms with Gasteiger partial charge in [0.2, 0.25) is 0 Å². The second kappa shape index (κ2) is 4.25. The second-order valence-electron chi connectivity index (χ2n) is 2.22. The van der Waals surface area contributed by atoms with E-state index in [0.29, 0.717) is 11.3 Å². The molecule has 0 heterocycles. The molecule has 0 aliphatic rings. The summed E-state index contributed by atoms with van der Waals surface area (Å²) in [5.74, 6) is -0.151. The summed E-state index contributed by atoms with van der Waals surface area (Å²) >= 11 is 0. The highest BCUT2D eigenvalue weighted by atomic mass is 16.5. The lowest BCUT2D eigenvalue weighted by Gasteiger charge is -2.04. The van der Waals surface area contributed by atoms with Gasteiger partial charge in [-0.05, 0) is 12.1 Å². The van der Waals surface area contributed by atoms with E-state index in [4.69, 9.17) is 10.1 Å². The van der Waals surface area contributed by atoms with E-state index in [-0.39, 0.29) is 0 Å². The number of rotatable bonds is 3. The summed E-state index contributed by atoms with van der Waals surface area (Å²) in [4.78, 5) is 11.1. The summed E-state index contributed by atoms with van der Waals surface area (Å²) in [6.45, 7) is 0. The quantitative estimate of drug-likeness (QED) is 0.434. The molecule has 0 saturated carbocycles. The molecule has 1 aromatic carbocycles. The first kappa shape index (κ1) is 9.25. The first-order valence-corrected chi connectivity index (χ1v) is 3.62. The number of hydrogen-bond acceptors (Lipinski definition) is 4. The highest BCUT2D eigenvalue weighted by Gasteiger charge is 2.10. The minimum absolute atomic E-state index is 0.313. The zero-order valence-corrected chi connectivity index (χ0v) is 7.11. The number of carbonyl (C=O) groups excluding carboxylic acids is 1. The van der Waals surface area contributed by atoms with Gasteiger partial charge in [0, 0.05) is 0 Å². The number of hydrogen-bond donors (Lipinski definition) is 1. The van der Waals surface area contributed by atoms with Gasteiger partial charge in [0.25, 0.3) is 0 Å². The number of carbonyl (C=O) groups is 1. The molecule has 0 radical (unpaired) electrons. The van der Waals surface area contributed by atoms with Gasteiger partial charge in [-0.2, -0.15) is 0 Å². The first-order chi connectivity index (χ1) is 6.29. The minimum atomic E-state index is -0.475. The molecule has 0 aliphatic heterocycles. The molecular formula is C9H9NO3. The van der Waals surface area contributed by atoms with E-state index in [1.165, 1.54) is 7.11 Å². The molecule has 4 heteroatoms. The molecule has 0 atom stereocenters. The topological polar surface area (TPSA) is 59.4 Å². The third-order valence-corrected chi connectivity index (χ3v) is 1.48. The number of methoxy groups -OCH3 is 1. The fraction of sp³-hybridized carbons (Fsp3) is 0.111. The van der Waals surface area contributed by atoms with Crippen LogP contribution in [0.2, 0.25) is 0 Å². The third kappa shape index (κ3) is 2.05. The zero-order chi connectivity index (χ0) is 9.68. The molecule has 0 unspecified atom stereocenters. The normalized spacial score (nSPS) is 9.00. The van der Waals surface area contributed by atoms with Crippen LogP contribution in [0, 0.1) is 5.41 Å². The summed E-state index contributed by atoms with van der Waals surface area (Å²) in [7, 11) is 1.30. The number of esters is 1. The number of para-hydroxylation sites is 1. The van der Waals surface area contributed by atoms with Crippen LogP contribution in [0.1, 0.15) is 10.4 Å². The predicted molar refractivity (Wildman–Crippen MR) is 47.2 cm³/mol. The maximum atomic E-state index is 11.1. The van der Waals surface area contributed by atoms with E-state index in [9.17, 15) is 4.79 Å². The Morgan fingerprint density at radius 3 is 2.77 bits per heavy atom. The lowest BCUT2D eigenvalue weighted by molar-refractivity contribution is 0.0598. The van der Waals surface area contributed by atoms with Gasteiger partial charge < -0.3 is 9.47 Å². The van der Waals surface area contributed by atoms with Crippen molar-refractivity contribution in [1.82, 2.24) is 0 Å². The maximum Gasteiger partial charge on any atom is 0.341 e. The Kier molecular flexibility index (Phi) is 3.03. The van der Waals surface area contributed by atoms with Gasteiger partial charge in [-0.25, -0.2) is 4.79 Å². The van der Waals surface area contributed by atoms with Crippen molar-refractivity contribution in [2.75, 3.05) is 7.11 Å². The van der Waals surface area contributed by atoms with Gasteiger partial charge in [-0.1, -0.05) is 12.1 Å². The second-order valence-corrected chi connectivity index (χ2v) is 2.22. The van der Waals surface area contributed by atoms with Gasteiger partial charge in [0.1, 0.15) is 11.3 Å². The van der Waals surface area contributed by atoms with Crippen LogP contribution in [0.3, 0.4) is 0 Å². The first-order valence-electron chi connectivity index (χ1n) is 3.62. The van der Waals surface area contributed by atoms with Gasteiger partial charge in [0.05, 0.1) is 7.11 Å². The predicted octanol–water partition coefficient (Wildman–Crippen LogP) is 1.46. The third-order valence-electron chi connectivity index (χ3n) is 1.48. The zero-order valence-electron chi connectivity index (χ0n) is 7.11. The lowest BCUT2D eigenvalue weighted by Crippen LogP contribution is -2.04. The molecule has 68 valence electrons. The van der Waals surface area contributed by atoms with Crippen LogP contribution in [0.5, 0.6) is 5.75 Å². The van der Waals surface area contributed by atoms with E-state index in [0.717, 1.165) is 6.40 Å². The Morgan fingerprint density at radius 1 is 1.46 bits per heavy atom. The van der Waals surface area contributed by atoms with Crippen LogP contribution in [-0.2, 0) is 4.74 Å². The van der Waals surface area contributed by atoms with E-state index in [1.54, 1.807) is 24.3 Å². The summed E-state index contributed by atoms with van der Waals surface area (Å²) in [5.41, 5.74) is 0.313. The highest BCUT2D eigenvalue weighted by Crippen LogP contribution is 2.17. The van der Waals surface area contributed by atoms with E-state index < -0.39 is 5.97 Å². The van der Waals surface area contributed by atoms with Crippen LogP contribution in [0.4, 0.5) is 0 Å². The van der Waals surface area contributed by atoms with Crippen molar-refractivity contribution in [3.8, 4) is 5.75 Å². The monoisotopic (exact) mass is 179 g/mol. The standard InChI is InChI=1S/C9H9NO3/c1-12-9(11)7-4-2-3-5-8(7)13-6-10/h2-6,10H,1H3. The Hall–Kier alpha value is -1.84. The Balaban J connectivity index is 3.03. The maximum absolute atomic E-state index is 11.1. The van der Waals surface area contributed by atoms with E-state index in [1.807, 2.05) is 0 Å². The molecule has 0 aromatic heterocycles. The molecule has 0 bridgehead atoms. The van der Waals surface area contributed by atoms with Gasteiger partial charge >= 0.3 is 5.97 Å². The van der Waals surface area contributed by atoms with Crippen LogP contribution in [0.15, 0.2) is 24.3 Å². The average molecular weight is 179 g/mol. The van der Waals surface area contributed by atoms with Crippen molar-refractivity contribution >= 4 is 12.4 Å². The summed E-state index contributed by atoms with van der Waals surface area (Å²) < 4.78 is 9.33. The van der Waals surface area contributed by atoms with Crippen molar-refractivity contribution in [3.05, 3.63) is 29.8 Å². The number of nitrogens with one attached hydrogen (secondary N) is 1. The SMILES string of the molecule is COC(=O)c1ccccc1OC=N. The van der Waals surface area contributed by atoms with Crippen LogP contribution in [0.25, 0.3) is 0 Å². The van der Waals surface area contributed by atoms with E-state index in [2.05, 4.69) is 4.74 Å². The average Bonchev–Trinajstić information content (AvgIpc) is 2.18. The molecule has 1 aromatic rings. The van der Waals surface area contributed by atoms with Crippen molar-refractivity contribution < 1.29 is 14.3 Å². The largest absolute Gasteiger partial charge is 0.465 e. The van der Waals surface area contributed by atoms with Crippen molar-refractivity contribution in [3.63, 3.8) is 0 Å². The van der Waals surface area contributed by atoms with Crippen molar-refractivity contribution in [1.29, 1.82) is 5.41 Å². The summed E-state index contributed by atoms with van der Waals surface area (Å²) in [6, 6.07) is 6.58.